The van der Waals surface area contributed by atoms with Gasteiger partial charge >= 0.3 is 0 Å². The fraction of sp³-hybridized carbons (Fsp3) is 0.207. The Morgan fingerprint density at radius 2 is 1.77 bits per heavy atom. The Morgan fingerprint density at radius 1 is 0.950 bits per heavy atom. The molecule has 1 amide bonds. The van der Waals surface area contributed by atoms with Crippen LogP contribution in [0.25, 0.3) is 11.3 Å². The van der Waals surface area contributed by atoms with Gasteiger partial charge in [-0.25, -0.2) is 18.1 Å². The van der Waals surface area contributed by atoms with Crippen LogP contribution in [0.5, 0.6) is 11.6 Å². The lowest BCUT2D eigenvalue weighted by Gasteiger charge is -2.18. The van der Waals surface area contributed by atoms with Gasteiger partial charge in [0.05, 0.1) is 30.4 Å². The van der Waals surface area contributed by atoms with Crippen molar-refractivity contribution >= 4 is 27.6 Å². The van der Waals surface area contributed by atoms with Gasteiger partial charge in [-0.15, -0.1) is 0 Å². The number of aromatic nitrogens is 2. The molecule has 2 N–H and O–H groups in total. The van der Waals surface area contributed by atoms with Crippen LogP contribution < -0.4 is 14.8 Å². The van der Waals surface area contributed by atoms with Gasteiger partial charge in [-0.05, 0) is 48.4 Å². The molecular formula is C29H28N4O6S. The highest BCUT2D eigenvalue weighted by molar-refractivity contribution is 7.92. The molecule has 0 saturated carbocycles. The van der Waals surface area contributed by atoms with Crippen molar-refractivity contribution < 1.29 is 27.4 Å². The van der Waals surface area contributed by atoms with Gasteiger partial charge in [0.25, 0.3) is 15.9 Å². The second-order valence-electron chi connectivity index (χ2n) is 8.95. The van der Waals surface area contributed by atoms with E-state index in [2.05, 4.69) is 20.0 Å². The maximum atomic E-state index is 13.4. The summed E-state index contributed by atoms with van der Waals surface area (Å²) in [5.41, 5.74) is 3.43. The molecule has 206 valence electrons. The van der Waals surface area contributed by atoms with E-state index in [1.54, 1.807) is 43.5 Å². The number of fused-ring (bicyclic) bond motifs is 6. The number of carbonyl (C=O) groups excluding carboxylic acids is 1. The van der Waals surface area contributed by atoms with Gasteiger partial charge in [-0.1, -0.05) is 43.3 Å². The summed E-state index contributed by atoms with van der Waals surface area (Å²) < 4.78 is 46.3. The molecule has 0 unspecified atom stereocenters. The largest absolute Gasteiger partial charge is 0.439 e. The molecule has 40 heavy (non-hydrogen) atoms. The highest BCUT2D eigenvalue weighted by Gasteiger charge is 2.23. The monoisotopic (exact) mass is 560 g/mol. The Labute approximate surface area is 232 Å². The summed E-state index contributed by atoms with van der Waals surface area (Å²) >= 11 is 0. The van der Waals surface area contributed by atoms with Gasteiger partial charge in [0.2, 0.25) is 11.8 Å². The second-order valence-corrected chi connectivity index (χ2v) is 10.6. The fourth-order valence-electron chi connectivity index (χ4n) is 4.27. The normalized spacial score (nSPS) is 13.9. The quantitative estimate of drug-likeness (QED) is 0.301. The van der Waals surface area contributed by atoms with E-state index < -0.39 is 15.9 Å². The van der Waals surface area contributed by atoms with E-state index in [0.717, 1.165) is 11.1 Å². The van der Waals surface area contributed by atoms with E-state index >= 15 is 0 Å². The first-order valence-corrected chi connectivity index (χ1v) is 14.1. The lowest BCUT2D eigenvalue weighted by atomic mass is 10.00. The SMILES string of the molecule is CCc1c2nc(nc1-c1ccccc1COCCOC)NS(=O)(=O)c1cccc(c1)NC(=O)c1cccc(c1)O2. The van der Waals surface area contributed by atoms with Crippen molar-refractivity contribution in [2.45, 2.75) is 24.8 Å². The van der Waals surface area contributed by atoms with Crippen LogP contribution in [0, 0.1) is 0 Å². The first-order chi connectivity index (χ1) is 19.4. The molecule has 1 aromatic heterocycles. The highest BCUT2D eigenvalue weighted by Crippen LogP contribution is 2.35. The second kappa shape index (κ2) is 11.8. The van der Waals surface area contributed by atoms with E-state index in [0.29, 0.717) is 54.5 Å². The Hall–Kier alpha value is -4.32. The molecule has 6 bridgehead atoms. The number of hydrogen-bond acceptors (Lipinski definition) is 8. The third-order valence-corrected chi connectivity index (χ3v) is 7.55. The molecule has 3 aromatic carbocycles. The summed E-state index contributed by atoms with van der Waals surface area (Å²) in [5.74, 6) is -0.0290. The minimum atomic E-state index is -4.12. The molecule has 5 rings (SSSR count). The summed E-state index contributed by atoms with van der Waals surface area (Å²) in [5, 5.41) is 2.74. The van der Waals surface area contributed by atoms with Gasteiger partial charge in [-0.2, -0.15) is 4.98 Å². The molecule has 1 aliphatic heterocycles. The van der Waals surface area contributed by atoms with Gasteiger partial charge < -0.3 is 19.5 Å². The minimum Gasteiger partial charge on any atom is -0.439 e. The van der Waals surface area contributed by atoms with Crippen molar-refractivity contribution in [1.82, 2.24) is 9.97 Å². The van der Waals surface area contributed by atoms with Crippen LogP contribution in [0.15, 0.2) is 77.7 Å². The fourth-order valence-corrected chi connectivity index (χ4v) is 5.26. The van der Waals surface area contributed by atoms with E-state index in [9.17, 15) is 13.2 Å². The molecule has 2 heterocycles. The van der Waals surface area contributed by atoms with Gasteiger partial charge in [0.15, 0.2) is 0 Å². The van der Waals surface area contributed by atoms with E-state index in [1.807, 2.05) is 31.2 Å². The van der Waals surface area contributed by atoms with Crippen molar-refractivity contribution in [2.24, 2.45) is 0 Å². The Kier molecular flexibility index (Phi) is 8.06. The van der Waals surface area contributed by atoms with Gasteiger partial charge in [-0.3, -0.25) is 4.79 Å². The van der Waals surface area contributed by atoms with Crippen molar-refractivity contribution in [3.63, 3.8) is 0 Å². The van der Waals surface area contributed by atoms with Crippen LogP contribution in [0.1, 0.15) is 28.4 Å². The van der Waals surface area contributed by atoms with Crippen molar-refractivity contribution in [1.29, 1.82) is 0 Å². The number of hydrogen-bond donors (Lipinski definition) is 2. The third-order valence-electron chi connectivity index (χ3n) is 6.22. The van der Waals surface area contributed by atoms with Crippen LogP contribution in [0.2, 0.25) is 0 Å². The number of ether oxygens (including phenoxy) is 3. The molecule has 11 heteroatoms. The van der Waals surface area contributed by atoms with Crippen molar-refractivity contribution in [2.75, 3.05) is 30.4 Å². The molecule has 10 nitrogen and oxygen atoms in total. The molecule has 0 saturated heterocycles. The van der Waals surface area contributed by atoms with E-state index in [1.165, 1.54) is 12.1 Å². The summed E-state index contributed by atoms with van der Waals surface area (Å²) in [6.45, 7) is 3.11. The van der Waals surface area contributed by atoms with Crippen LogP contribution >= 0.6 is 0 Å². The number of nitrogens with one attached hydrogen (secondary N) is 2. The zero-order valence-corrected chi connectivity index (χ0v) is 22.8. The number of sulfonamides is 1. The number of carbonyl (C=O) groups is 1. The van der Waals surface area contributed by atoms with Crippen LogP contribution in [0.3, 0.4) is 0 Å². The predicted molar refractivity (Wildman–Crippen MR) is 150 cm³/mol. The topological polar surface area (TPSA) is 129 Å². The molecule has 0 fully saturated rings. The zero-order valence-electron chi connectivity index (χ0n) is 22.0. The molecule has 0 atom stereocenters. The summed E-state index contributed by atoms with van der Waals surface area (Å²) in [6.07, 6.45) is 0.485. The predicted octanol–water partition coefficient (Wildman–Crippen LogP) is 5.03. The van der Waals surface area contributed by atoms with E-state index in [4.69, 9.17) is 14.2 Å². The van der Waals surface area contributed by atoms with Crippen LogP contribution in [-0.2, 0) is 32.5 Å². The first-order valence-electron chi connectivity index (χ1n) is 12.7. The number of methoxy groups -OCH3 is 1. The molecule has 0 spiro atoms. The Morgan fingerprint density at radius 3 is 2.60 bits per heavy atom. The maximum absolute atomic E-state index is 13.4. The molecule has 1 aliphatic rings. The lowest BCUT2D eigenvalue weighted by Crippen LogP contribution is -2.18. The summed E-state index contributed by atoms with van der Waals surface area (Å²) in [6, 6.07) is 20.2. The van der Waals surface area contributed by atoms with Crippen molar-refractivity contribution in [3.05, 3.63) is 89.5 Å². The average Bonchev–Trinajstić information content (AvgIpc) is 2.95. The van der Waals surface area contributed by atoms with Crippen LogP contribution in [0.4, 0.5) is 11.6 Å². The molecule has 0 radical (unpaired) electrons. The number of rotatable bonds is 7. The smallest absolute Gasteiger partial charge is 0.264 e. The zero-order chi connectivity index (χ0) is 28.1. The Bertz CT molecular complexity index is 1660. The number of benzene rings is 3. The van der Waals surface area contributed by atoms with Crippen molar-refractivity contribution in [3.8, 4) is 22.9 Å². The van der Waals surface area contributed by atoms with Gasteiger partial charge in [0.1, 0.15) is 5.75 Å². The van der Waals surface area contributed by atoms with Crippen LogP contribution in [-0.4, -0.2) is 44.6 Å². The first kappa shape index (κ1) is 27.3. The van der Waals surface area contributed by atoms with Gasteiger partial charge in [0, 0.05) is 29.5 Å². The Balaban J connectivity index is 1.69. The molecule has 4 aromatic rings. The third kappa shape index (κ3) is 5.96. The lowest BCUT2D eigenvalue weighted by molar-refractivity contribution is 0.0618. The standard InChI is InChI=1S/C29H28N4O6S/c1-3-24-26(25-13-5-4-8-20(25)18-38-15-14-37-2)31-29-32-28(24)39-22-11-6-9-19(16-22)27(34)30-21-10-7-12-23(17-21)40(35,36)33-29/h4-13,16-17H,3,14-15,18H2,1-2H3,(H,30,34)(H,31,32,33). The molecular weight excluding hydrogens is 532 g/mol. The number of amides is 1. The number of anilines is 2. The van der Waals surface area contributed by atoms with E-state index in [-0.39, 0.29) is 16.7 Å². The summed E-state index contributed by atoms with van der Waals surface area (Å²) in [4.78, 5) is 22.0. The average molecular weight is 561 g/mol. The number of nitrogens with zero attached hydrogens (tertiary/aromatic N) is 2. The molecule has 0 aliphatic carbocycles. The minimum absolute atomic E-state index is 0.0600. The summed E-state index contributed by atoms with van der Waals surface area (Å²) in [7, 11) is -2.51. The highest BCUT2D eigenvalue weighted by atomic mass is 32.2. The maximum Gasteiger partial charge on any atom is 0.264 e.